The summed E-state index contributed by atoms with van der Waals surface area (Å²) in [5.74, 6) is 1.72. The Kier molecular flexibility index (Phi) is 7.12. The van der Waals surface area contributed by atoms with Gasteiger partial charge in [-0.1, -0.05) is 52.1 Å². The minimum Gasteiger partial charge on any atom is -0.489 e. The first-order chi connectivity index (χ1) is 19.3. The first kappa shape index (κ1) is 26.9. The molecule has 1 aliphatic heterocycles. The average Bonchev–Trinajstić information content (AvgIpc) is 3.69. The van der Waals surface area contributed by atoms with Crippen LogP contribution in [0.3, 0.4) is 0 Å². The van der Waals surface area contributed by atoms with Crippen molar-refractivity contribution in [2.45, 2.75) is 31.0 Å². The quantitative estimate of drug-likeness (QED) is 0.225. The molecule has 4 aromatic rings. The predicted molar refractivity (Wildman–Crippen MR) is 151 cm³/mol. The Balaban J connectivity index is 1.18. The van der Waals surface area contributed by atoms with Crippen LogP contribution in [0.5, 0.6) is 5.75 Å². The molecule has 0 atom stereocenters. The second kappa shape index (κ2) is 10.6. The standard InChI is InChI=1S/C29H24Cl3N3O5/c1-38-28(36)17-9-10-33-24(11-17)35-14-29(37,15-35)20-8-7-18(12-23(20)32)39-13-19-26(34-40-27(19)16-5-6-16)25-21(30)3-2-4-22(25)31/h2-4,7-12,16,37H,5-6,13-15H2,1H3. The van der Waals surface area contributed by atoms with Crippen molar-refractivity contribution in [3.63, 3.8) is 0 Å². The largest absolute Gasteiger partial charge is 0.489 e. The maximum Gasteiger partial charge on any atom is 0.338 e. The number of pyridine rings is 1. The zero-order valence-electron chi connectivity index (χ0n) is 21.4. The van der Waals surface area contributed by atoms with Gasteiger partial charge in [-0.25, -0.2) is 9.78 Å². The highest BCUT2D eigenvalue weighted by Crippen LogP contribution is 2.46. The van der Waals surface area contributed by atoms with Crippen molar-refractivity contribution in [2.75, 3.05) is 25.1 Å². The highest BCUT2D eigenvalue weighted by atomic mass is 35.5. The van der Waals surface area contributed by atoms with Crippen LogP contribution in [0.2, 0.25) is 15.1 Å². The van der Waals surface area contributed by atoms with Crippen molar-refractivity contribution in [1.82, 2.24) is 10.1 Å². The van der Waals surface area contributed by atoms with Gasteiger partial charge in [0.25, 0.3) is 0 Å². The lowest BCUT2D eigenvalue weighted by molar-refractivity contribution is 0.00712. The highest BCUT2D eigenvalue weighted by Gasteiger charge is 2.45. The van der Waals surface area contributed by atoms with Crippen molar-refractivity contribution in [1.29, 1.82) is 0 Å². The monoisotopic (exact) mass is 599 g/mol. The van der Waals surface area contributed by atoms with Crippen molar-refractivity contribution < 1.29 is 23.9 Å². The van der Waals surface area contributed by atoms with Gasteiger partial charge >= 0.3 is 5.97 Å². The molecule has 1 N–H and O–H groups in total. The topological polar surface area (TPSA) is 97.9 Å². The highest BCUT2D eigenvalue weighted by molar-refractivity contribution is 6.39. The maximum atomic E-state index is 11.9. The van der Waals surface area contributed by atoms with E-state index >= 15 is 0 Å². The summed E-state index contributed by atoms with van der Waals surface area (Å²) in [5.41, 5.74) is 1.76. The molecule has 0 spiro atoms. The van der Waals surface area contributed by atoms with Gasteiger partial charge in [0.15, 0.2) is 0 Å². The Morgan fingerprint density at radius 3 is 2.52 bits per heavy atom. The lowest BCUT2D eigenvalue weighted by Gasteiger charge is -2.47. The molecular formula is C29H24Cl3N3O5. The number of halogens is 3. The van der Waals surface area contributed by atoms with E-state index in [0.717, 1.165) is 24.2 Å². The Hall–Kier alpha value is -3.30. The Labute approximate surface area is 245 Å². The molecule has 3 heterocycles. The van der Waals surface area contributed by atoms with Crippen LogP contribution in [-0.4, -0.2) is 41.4 Å². The van der Waals surface area contributed by atoms with Gasteiger partial charge in [-0.2, -0.15) is 0 Å². The van der Waals surface area contributed by atoms with E-state index in [9.17, 15) is 9.90 Å². The number of carbonyl (C=O) groups is 1. The van der Waals surface area contributed by atoms with E-state index in [-0.39, 0.29) is 19.7 Å². The third-order valence-electron chi connectivity index (χ3n) is 7.19. The number of β-amino-alcohol motifs (C(OH)–C–C–N with tert-alkyl or cyclic N) is 1. The third-order valence-corrected chi connectivity index (χ3v) is 8.13. The molecule has 1 saturated carbocycles. The van der Waals surface area contributed by atoms with Crippen LogP contribution in [0.25, 0.3) is 11.3 Å². The number of anilines is 1. The lowest BCUT2D eigenvalue weighted by atomic mass is 9.86. The van der Waals surface area contributed by atoms with Crippen LogP contribution >= 0.6 is 34.8 Å². The van der Waals surface area contributed by atoms with Crippen molar-refractivity contribution in [3.05, 3.63) is 92.2 Å². The number of hydrogen-bond donors (Lipinski definition) is 1. The number of ether oxygens (including phenoxy) is 2. The average molecular weight is 601 g/mol. The van der Waals surface area contributed by atoms with E-state index in [4.69, 9.17) is 48.8 Å². The second-order valence-corrected chi connectivity index (χ2v) is 11.2. The van der Waals surface area contributed by atoms with Gasteiger partial charge < -0.3 is 24.0 Å². The normalized spacial score (nSPS) is 16.0. The smallest absolute Gasteiger partial charge is 0.338 e. The lowest BCUT2D eigenvalue weighted by Crippen LogP contribution is -2.60. The molecule has 6 rings (SSSR count). The molecule has 0 bridgehead atoms. The van der Waals surface area contributed by atoms with E-state index in [1.54, 1.807) is 48.5 Å². The summed E-state index contributed by atoms with van der Waals surface area (Å²) in [6.07, 6.45) is 3.58. The Bertz CT molecular complexity index is 1580. The number of hydrogen-bond acceptors (Lipinski definition) is 8. The molecule has 2 aromatic carbocycles. The van der Waals surface area contributed by atoms with Crippen molar-refractivity contribution >= 4 is 46.6 Å². The summed E-state index contributed by atoms with van der Waals surface area (Å²) in [5, 5.41) is 16.9. The zero-order valence-corrected chi connectivity index (χ0v) is 23.6. The first-order valence-corrected chi connectivity index (χ1v) is 13.8. The fraction of sp³-hybridized carbons (Fsp3) is 0.276. The minimum absolute atomic E-state index is 0.183. The van der Waals surface area contributed by atoms with Crippen LogP contribution in [0, 0.1) is 0 Å². The first-order valence-electron chi connectivity index (χ1n) is 12.6. The van der Waals surface area contributed by atoms with Crippen LogP contribution in [0.4, 0.5) is 5.82 Å². The van der Waals surface area contributed by atoms with Crippen LogP contribution in [-0.2, 0) is 16.9 Å². The summed E-state index contributed by atoms with van der Waals surface area (Å²) in [6.45, 7) is 0.706. The van der Waals surface area contributed by atoms with Gasteiger partial charge in [-0.05, 0) is 49.2 Å². The molecule has 0 unspecified atom stereocenters. The van der Waals surface area contributed by atoms with E-state index < -0.39 is 11.6 Å². The number of rotatable bonds is 8. The third kappa shape index (κ3) is 5.01. The van der Waals surface area contributed by atoms with Gasteiger partial charge in [0.05, 0.1) is 46.4 Å². The number of aliphatic hydroxyl groups is 1. The van der Waals surface area contributed by atoms with Gasteiger partial charge in [-0.15, -0.1) is 0 Å². The summed E-state index contributed by atoms with van der Waals surface area (Å²) in [6, 6.07) is 13.7. The summed E-state index contributed by atoms with van der Waals surface area (Å²) in [4.78, 5) is 18.0. The Morgan fingerprint density at radius 1 is 1.10 bits per heavy atom. The van der Waals surface area contributed by atoms with Gasteiger partial charge in [0, 0.05) is 23.2 Å². The van der Waals surface area contributed by atoms with Crippen LogP contribution in [0.15, 0.2) is 59.3 Å². The van der Waals surface area contributed by atoms with E-state index in [1.807, 2.05) is 4.90 Å². The molecule has 1 aliphatic carbocycles. The van der Waals surface area contributed by atoms with E-state index in [1.165, 1.54) is 13.3 Å². The van der Waals surface area contributed by atoms with Gasteiger partial charge in [0.1, 0.15) is 35.2 Å². The Morgan fingerprint density at radius 2 is 1.85 bits per heavy atom. The molecule has 206 valence electrons. The number of aromatic nitrogens is 2. The molecule has 40 heavy (non-hydrogen) atoms. The summed E-state index contributed by atoms with van der Waals surface area (Å²) >= 11 is 19.5. The maximum absolute atomic E-state index is 11.9. The molecule has 2 aromatic heterocycles. The fourth-order valence-electron chi connectivity index (χ4n) is 4.92. The fourth-order valence-corrected chi connectivity index (χ4v) is 5.84. The second-order valence-electron chi connectivity index (χ2n) is 9.96. The molecule has 2 fully saturated rings. The van der Waals surface area contributed by atoms with E-state index in [2.05, 4.69) is 10.1 Å². The van der Waals surface area contributed by atoms with Gasteiger partial charge in [0.2, 0.25) is 0 Å². The molecule has 11 heteroatoms. The number of benzene rings is 2. The number of nitrogens with zero attached hydrogens (tertiary/aromatic N) is 3. The summed E-state index contributed by atoms with van der Waals surface area (Å²) < 4.78 is 16.6. The molecule has 8 nitrogen and oxygen atoms in total. The molecular weight excluding hydrogens is 577 g/mol. The molecule has 2 aliphatic rings. The minimum atomic E-state index is -1.18. The van der Waals surface area contributed by atoms with Gasteiger partial charge in [-0.3, -0.25) is 0 Å². The predicted octanol–water partition coefficient (Wildman–Crippen LogP) is 6.65. The van der Waals surface area contributed by atoms with Crippen LogP contribution < -0.4 is 9.64 Å². The summed E-state index contributed by atoms with van der Waals surface area (Å²) in [7, 11) is 1.33. The van der Waals surface area contributed by atoms with Crippen molar-refractivity contribution in [3.8, 4) is 17.0 Å². The molecule has 0 radical (unpaired) electrons. The van der Waals surface area contributed by atoms with Crippen molar-refractivity contribution in [2.24, 2.45) is 0 Å². The number of methoxy groups -OCH3 is 1. The number of esters is 1. The van der Waals surface area contributed by atoms with Crippen LogP contribution in [0.1, 0.15) is 46.0 Å². The molecule has 0 amide bonds. The SMILES string of the molecule is COC(=O)c1ccnc(N2CC(O)(c3ccc(OCc4c(-c5c(Cl)cccc5Cl)noc4C4CC4)cc3Cl)C2)c1. The zero-order chi connectivity index (χ0) is 28.0. The molecule has 1 saturated heterocycles. The van der Waals surface area contributed by atoms with E-state index in [0.29, 0.717) is 54.9 Å². The number of carbonyl (C=O) groups excluding carboxylic acids is 1.